The number of hydrogen-bond acceptors (Lipinski definition) is 3. The molecule has 1 atom stereocenters. The second kappa shape index (κ2) is 6.23. The van der Waals surface area contributed by atoms with Crippen LogP contribution < -0.4 is 11.1 Å². The maximum Gasteiger partial charge on any atom is 0.407 e. The van der Waals surface area contributed by atoms with Crippen LogP contribution in [-0.2, 0) is 9.53 Å². The van der Waals surface area contributed by atoms with Gasteiger partial charge < -0.3 is 15.8 Å². The van der Waals surface area contributed by atoms with Crippen LogP contribution in [0.15, 0.2) is 0 Å². The van der Waals surface area contributed by atoms with Crippen molar-refractivity contribution in [1.29, 1.82) is 0 Å². The average Bonchev–Trinajstić information content (AvgIpc) is 2.17. The summed E-state index contributed by atoms with van der Waals surface area (Å²) in [5.74, 6) is -0.462. The first-order valence-electron chi connectivity index (χ1n) is 4.70. The van der Waals surface area contributed by atoms with E-state index in [1.54, 1.807) is 0 Å². The molecule has 0 aliphatic rings. The predicted molar refractivity (Wildman–Crippen MR) is 52.6 cm³/mol. The fraction of sp³-hybridized carbons (Fsp3) is 0.778. The van der Waals surface area contributed by atoms with Crippen LogP contribution in [0.1, 0.15) is 26.7 Å². The van der Waals surface area contributed by atoms with E-state index in [0.717, 1.165) is 12.8 Å². The Bertz CT molecular complexity index is 202. The predicted octanol–water partition coefficient (Wildman–Crippen LogP) is 0.633. The highest BCUT2D eigenvalue weighted by molar-refractivity contribution is 5.84. The molecule has 82 valence electrons. The average molecular weight is 202 g/mol. The van der Waals surface area contributed by atoms with Gasteiger partial charge in [-0.3, -0.25) is 4.79 Å². The van der Waals surface area contributed by atoms with Crippen LogP contribution >= 0.6 is 0 Å². The van der Waals surface area contributed by atoms with Crippen LogP contribution in [-0.4, -0.2) is 25.2 Å². The standard InChI is InChI=1S/C9H18N2O3/c1-4-6(5-2)7(8(10)12)11-9(13)14-3/h6-7H,4-5H2,1-3H3,(H2,10,12)(H,11,13). The summed E-state index contributed by atoms with van der Waals surface area (Å²) in [6.45, 7) is 3.89. The Morgan fingerprint density at radius 1 is 1.36 bits per heavy atom. The fourth-order valence-electron chi connectivity index (χ4n) is 1.37. The maximum atomic E-state index is 11.1. The summed E-state index contributed by atoms with van der Waals surface area (Å²) < 4.78 is 4.41. The quantitative estimate of drug-likeness (QED) is 0.686. The van der Waals surface area contributed by atoms with E-state index < -0.39 is 18.0 Å². The number of nitrogens with two attached hydrogens (primary N) is 1. The molecule has 5 heteroatoms. The van der Waals surface area contributed by atoms with E-state index in [4.69, 9.17) is 5.73 Å². The van der Waals surface area contributed by atoms with E-state index in [1.165, 1.54) is 7.11 Å². The maximum absolute atomic E-state index is 11.1. The highest BCUT2D eigenvalue weighted by Gasteiger charge is 2.25. The molecule has 3 N–H and O–H groups in total. The minimum Gasteiger partial charge on any atom is -0.453 e. The van der Waals surface area contributed by atoms with Gasteiger partial charge in [0.05, 0.1) is 7.11 Å². The van der Waals surface area contributed by atoms with Crippen molar-refractivity contribution in [3.8, 4) is 0 Å². The molecule has 5 nitrogen and oxygen atoms in total. The summed E-state index contributed by atoms with van der Waals surface area (Å²) in [6, 6.07) is -0.641. The molecular formula is C9H18N2O3. The first-order chi connectivity index (χ1) is 6.56. The molecule has 0 bridgehead atoms. The van der Waals surface area contributed by atoms with E-state index in [1.807, 2.05) is 13.8 Å². The lowest BCUT2D eigenvalue weighted by Gasteiger charge is -2.22. The third-order valence-corrected chi connectivity index (χ3v) is 2.29. The molecule has 0 aromatic rings. The Balaban J connectivity index is 4.42. The molecule has 2 amide bonds. The van der Waals surface area contributed by atoms with Gasteiger partial charge in [-0.1, -0.05) is 26.7 Å². The first-order valence-corrected chi connectivity index (χ1v) is 4.70. The largest absolute Gasteiger partial charge is 0.453 e. The second-order valence-electron chi connectivity index (χ2n) is 3.09. The van der Waals surface area contributed by atoms with Crippen LogP contribution in [0.4, 0.5) is 4.79 Å². The number of hydrogen-bond donors (Lipinski definition) is 2. The molecule has 0 aromatic heterocycles. The zero-order valence-electron chi connectivity index (χ0n) is 8.87. The fourth-order valence-corrected chi connectivity index (χ4v) is 1.37. The minimum atomic E-state index is -0.641. The Labute approximate surface area is 84.0 Å². The molecule has 0 saturated carbocycles. The summed E-state index contributed by atoms with van der Waals surface area (Å²) in [7, 11) is 1.25. The van der Waals surface area contributed by atoms with Gasteiger partial charge >= 0.3 is 6.09 Å². The number of amides is 2. The zero-order valence-corrected chi connectivity index (χ0v) is 8.87. The van der Waals surface area contributed by atoms with Crippen molar-refractivity contribution >= 4 is 12.0 Å². The number of methoxy groups -OCH3 is 1. The van der Waals surface area contributed by atoms with Crippen LogP contribution in [0.2, 0.25) is 0 Å². The highest BCUT2D eigenvalue weighted by Crippen LogP contribution is 2.12. The number of alkyl carbamates (subject to hydrolysis) is 1. The van der Waals surface area contributed by atoms with Crippen molar-refractivity contribution in [3.05, 3.63) is 0 Å². The van der Waals surface area contributed by atoms with Gasteiger partial charge in [0.15, 0.2) is 0 Å². The lowest BCUT2D eigenvalue weighted by atomic mass is 9.94. The number of carbonyl (C=O) groups excluding carboxylic acids is 2. The molecular weight excluding hydrogens is 184 g/mol. The van der Waals surface area contributed by atoms with Crippen LogP contribution in [0.25, 0.3) is 0 Å². The lowest BCUT2D eigenvalue weighted by molar-refractivity contribution is -0.121. The molecule has 0 aromatic carbocycles. The zero-order chi connectivity index (χ0) is 11.1. The minimum absolute atomic E-state index is 0.0617. The van der Waals surface area contributed by atoms with Gasteiger partial charge in [-0.2, -0.15) is 0 Å². The second-order valence-corrected chi connectivity index (χ2v) is 3.09. The van der Waals surface area contributed by atoms with Gasteiger partial charge in [0.2, 0.25) is 5.91 Å². The van der Waals surface area contributed by atoms with E-state index in [-0.39, 0.29) is 5.92 Å². The topological polar surface area (TPSA) is 81.4 Å². The Kier molecular flexibility index (Phi) is 5.67. The summed E-state index contributed by atoms with van der Waals surface area (Å²) in [5.41, 5.74) is 5.18. The van der Waals surface area contributed by atoms with Crippen molar-refractivity contribution in [2.75, 3.05) is 7.11 Å². The number of carbonyl (C=O) groups is 2. The summed E-state index contributed by atoms with van der Waals surface area (Å²) in [5, 5.41) is 2.43. The molecule has 0 saturated heterocycles. The van der Waals surface area contributed by atoms with Gasteiger partial charge in [-0.25, -0.2) is 4.79 Å². The number of nitrogens with one attached hydrogen (secondary N) is 1. The third-order valence-electron chi connectivity index (χ3n) is 2.29. The smallest absolute Gasteiger partial charge is 0.407 e. The Hall–Kier alpha value is -1.26. The van der Waals surface area contributed by atoms with Gasteiger partial charge in [0.25, 0.3) is 0 Å². The summed E-state index contributed by atoms with van der Waals surface area (Å²) in [6.07, 6.45) is 0.947. The van der Waals surface area contributed by atoms with Gasteiger partial charge in [-0.15, -0.1) is 0 Å². The number of primary amides is 1. The molecule has 0 spiro atoms. The van der Waals surface area contributed by atoms with Crippen molar-refractivity contribution in [1.82, 2.24) is 5.32 Å². The van der Waals surface area contributed by atoms with Crippen LogP contribution in [0.5, 0.6) is 0 Å². The van der Waals surface area contributed by atoms with Crippen molar-refractivity contribution < 1.29 is 14.3 Å². The number of ether oxygens (including phenoxy) is 1. The highest BCUT2D eigenvalue weighted by atomic mass is 16.5. The molecule has 14 heavy (non-hydrogen) atoms. The van der Waals surface area contributed by atoms with Gasteiger partial charge in [0, 0.05) is 0 Å². The Morgan fingerprint density at radius 3 is 2.14 bits per heavy atom. The summed E-state index contributed by atoms with van der Waals surface area (Å²) in [4.78, 5) is 22.0. The third kappa shape index (κ3) is 3.64. The van der Waals surface area contributed by atoms with Crippen molar-refractivity contribution in [3.63, 3.8) is 0 Å². The normalized spacial score (nSPS) is 12.3. The lowest BCUT2D eigenvalue weighted by Crippen LogP contribution is -2.48. The molecule has 0 radical (unpaired) electrons. The first kappa shape index (κ1) is 12.7. The van der Waals surface area contributed by atoms with E-state index in [9.17, 15) is 9.59 Å². The monoisotopic (exact) mass is 202 g/mol. The molecule has 0 aliphatic carbocycles. The molecule has 1 unspecified atom stereocenters. The van der Waals surface area contributed by atoms with Crippen LogP contribution in [0.3, 0.4) is 0 Å². The van der Waals surface area contributed by atoms with E-state index >= 15 is 0 Å². The van der Waals surface area contributed by atoms with E-state index in [2.05, 4.69) is 10.1 Å². The number of rotatable bonds is 5. The molecule has 0 rings (SSSR count). The Morgan fingerprint density at radius 2 is 1.86 bits per heavy atom. The molecule has 0 aliphatic heterocycles. The molecule has 0 heterocycles. The van der Waals surface area contributed by atoms with Crippen LogP contribution in [0, 0.1) is 5.92 Å². The summed E-state index contributed by atoms with van der Waals surface area (Å²) >= 11 is 0. The van der Waals surface area contributed by atoms with E-state index in [0.29, 0.717) is 0 Å². The SMILES string of the molecule is CCC(CC)C(NC(=O)OC)C(N)=O. The van der Waals surface area contributed by atoms with Crippen molar-refractivity contribution in [2.45, 2.75) is 32.7 Å². The van der Waals surface area contributed by atoms with Gasteiger partial charge in [0.1, 0.15) is 6.04 Å². The molecule has 0 fully saturated rings. The van der Waals surface area contributed by atoms with Gasteiger partial charge in [-0.05, 0) is 5.92 Å². The van der Waals surface area contributed by atoms with Crippen molar-refractivity contribution in [2.24, 2.45) is 11.7 Å².